The number of pyridine rings is 1. The predicted octanol–water partition coefficient (Wildman–Crippen LogP) is 10.0. The van der Waals surface area contributed by atoms with Crippen LogP contribution in [-0.2, 0) is 11.8 Å². The molecule has 0 radical (unpaired) electrons. The average Bonchev–Trinajstić information content (AvgIpc) is 3.54. The summed E-state index contributed by atoms with van der Waals surface area (Å²) in [5.41, 5.74) is 4.18. The lowest BCUT2D eigenvalue weighted by molar-refractivity contribution is 1.31. The fourth-order valence-electron chi connectivity index (χ4n) is 7.57. The van der Waals surface area contributed by atoms with E-state index in [1.165, 1.54) is 53.7 Å². The minimum Gasteiger partial charge on any atom is -0.292 e. The Kier molecular flexibility index (Phi) is 5.75. The number of fused-ring (bicyclic) bond motifs is 12. The van der Waals surface area contributed by atoms with Gasteiger partial charge in [0, 0.05) is 22.1 Å². The van der Waals surface area contributed by atoms with Crippen molar-refractivity contribution in [3.05, 3.63) is 164 Å². The molecule has 8 aromatic carbocycles. The molecule has 0 N–H and O–H groups in total. The van der Waals surface area contributed by atoms with E-state index in [9.17, 15) is 0 Å². The largest absolute Gasteiger partial charge is 0.292 e. The van der Waals surface area contributed by atoms with Crippen molar-refractivity contribution in [3.8, 4) is 0 Å². The number of imidazole rings is 1. The van der Waals surface area contributed by atoms with E-state index in [-0.39, 0.29) is 0 Å². The molecule has 0 spiro atoms. The third kappa shape index (κ3) is 3.85. The standard InChI is InChI=1S/C43H27N2PS/c47-46(32-23-22-28-10-1-2-12-30(28)26-32,33-24-25-35-31(27-33)21-20-29-11-3-4-13-34(29)35)41-19-9-18-40-42(41)44-43-38-16-6-5-14-36(38)37-15-7-8-17-39(37)45(40)43/h1-27H. The van der Waals surface area contributed by atoms with E-state index < -0.39 is 6.04 Å². The minimum atomic E-state index is -2.61. The lowest BCUT2D eigenvalue weighted by Crippen LogP contribution is -2.25. The maximum Gasteiger partial charge on any atom is 0.146 e. The van der Waals surface area contributed by atoms with Crippen LogP contribution < -0.4 is 15.9 Å². The molecule has 0 aliphatic rings. The third-order valence-electron chi connectivity index (χ3n) is 9.80. The minimum absolute atomic E-state index is 0.965. The van der Waals surface area contributed by atoms with Crippen LogP contribution in [0.3, 0.4) is 0 Å². The molecule has 0 saturated carbocycles. The van der Waals surface area contributed by atoms with Crippen molar-refractivity contribution in [1.29, 1.82) is 0 Å². The summed E-state index contributed by atoms with van der Waals surface area (Å²) in [7, 11) is 0. The maximum absolute atomic E-state index is 7.11. The number of aromatic nitrogens is 2. The Morgan fingerprint density at radius 1 is 0.426 bits per heavy atom. The van der Waals surface area contributed by atoms with Gasteiger partial charge in [-0.05, 0) is 72.6 Å². The first-order valence-electron chi connectivity index (χ1n) is 15.9. The average molecular weight is 635 g/mol. The second kappa shape index (κ2) is 10.1. The lowest BCUT2D eigenvalue weighted by atomic mass is 10.0. The Hall–Kier alpha value is -5.34. The molecule has 220 valence electrons. The number of hydrogen-bond donors (Lipinski definition) is 0. The van der Waals surface area contributed by atoms with E-state index in [1.807, 2.05) is 0 Å². The van der Waals surface area contributed by atoms with Gasteiger partial charge < -0.3 is 0 Å². The first-order valence-corrected chi connectivity index (χ1v) is 18.7. The van der Waals surface area contributed by atoms with E-state index >= 15 is 0 Å². The van der Waals surface area contributed by atoms with E-state index in [0.717, 1.165) is 32.9 Å². The summed E-state index contributed by atoms with van der Waals surface area (Å²) < 4.78 is 2.34. The number of rotatable bonds is 3. The molecule has 0 amide bonds. The van der Waals surface area contributed by atoms with Gasteiger partial charge in [-0.1, -0.05) is 151 Å². The van der Waals surface area contributed by atoms with Crippen LogP contribution >= 0.6 is 6.04 Å². The van der Waals surface area contributed by atoms with Crippen molar-refractivity contribution < 1.29 is 0 Å². The summed E-state index contributed by atoms with van der Waals surface area (Å²) >= 11 is 7.11. The van der Waals surface area contributed by atoms with Crippen molar-refractivity contribution in [2.24, 2.45) is 0 Å². The molecule has 10 rings (SSSR count). The normalized spacial score (nSPS) is 13.4. The molecule has 47 heavy (non-hydrogen) atoms. The van der Waals surface area contributed by atoms with Crippen molar-refractivity contribution >= 4 is 104 Å². The monoisotopic (exact) mass is 634 g/mol. The van der Waals surface area contributed by atoms with E-state index in [4.69, 9.17) is 16.8 Å². The quantitative estimate of drug-likeness (QED) is 0.142. The molecule has 0 fully saturated rings. The van der Waals surface area contributed by atoms with Crippen molar-refractivity contribution in [1.82, 2.24) is 9.38 Å². The summed E-state index contributed by atoms with van der Waals surface area (Å²) in [6, 6.07) is 56.6. The fourth-order valence-corrected chi connectivity index (χ4v) is 11.5. The van der Waals surface area contributed by atoms with Crippen molar-refractivity contribution in [3.63, 3.8) is 0 Å². The van der Waals surface area contributed by atoms with Crippen LogP contribution in [0, 0.1) is 0 Å². The second-order valence-electron chi connectivity index (χ2n) is 12.3. The van der Waals surface area contributed by atoms with Crippen molar-refractivity contribution in [2.75, 3.05) is 0 Å². The third-order valence-corrected chi connectivity index (χ3v) is 14.7. The molecule has 2 aromatic heterocycles. The Labute approximate surface area is 276 Å². The first-order chi connectivity index (χ1) is 23.2. The first kappa shape index (κ1) is 26.8. The SMILES string of the molecule is S=P(c1ccc2ccccc2c1)(c1ccc2c(ccc3ccccc32)c1)c1cccc2c1nc1c3ccccc3c3ccccc3n21. The van der Waals surface area contributed by atoms with E-state index in [0.29, 0.717) is 0 Å². The van der Waals surface area contributed by atoms with Gasteiger partial charge in [0.1, 0.15) is 5.65 Å². The smallest absolute Gasteiger partial charge is 0.146 e. The van der Waals surface area contributed by atoms with Crippen LogP contribution in [0.15, 0.2) is 164 Å². The predicted molar refractivity (Wildman–Crippen MR) is 206 cm³/mol. The highest BCUT2D eigenvalue weighted by atomic mass is 32.4. The van der Waals surface area contributed by atoms with Crippen molar-refractivity contribution in [2.45, 2.75) is 0 Å². The van der Waals surface area contributed by atoms with Crippen LogP contribution in [0.1, 0.15) is 0 Å². The molecule has 0 bridgehead atoms. The molecule has 2 heterocycles. The summed E-state index contributed by atoms with van der Waals surface area (Å²) in [4.78, 5) is 5.50. The van der Waals surface area contributed by atoms with Gasteiger partial charge in [-0.25, -0.2) is 4.98 Å². The van der Waals surface area contributed by atoms with Crippen LogP contribution in [0.4, 0.5) is 0 Å². The molecule has 0 aliphatic carbocycles. The summed E-state index contributed by atoms with van der Waals surface area (Å²) in [6.07, 6.45) is 0. The van der Waals surface area contributed by atoms with Gasteiger partial charge in [0.2, 0.25) is 0 Å². The van der Waals surface area contributed by atoms with Crippen LogP contribution in [0.25, 0.3) is 70.7 Å². The number of para-hydroxylation sites is 2. The lowest BCUT2D eigenvalue weighted by Gasteiger charge is -2.25. The van der Waals surface area contributed by atoms with Gasteiger partial charge in [0.15, 0.2) is 0 Å². The summed E-state index contributed by atoms with van der Waals surface area (Å²) in [6.45, 7) is 0. The molecule has 1 atom stereocenters. The summed E-state index contributed by atoms with van der Waals surface area (Å²) in [5, 5.41) is 14.4. The Balaban J connectivity index is 1.33. The molecule has 4 heteroatoms. The fraction of sp³-hybridized carbons (Fsp3) is 0. The van der Waals surface area contributed by atoms with Gasteiger partial charge >= 0.3 is 0 Å². The van der Waals surface area contributed by atoms with Gasteiger partial charge in [-0.3, -0.25) is 4.40 Å². The van der Waals surface area contributed by atoms with E-state index in [2.05, 4.69) is 168 Å². The summed E-state index contributed by atoms with van der Waals surface area (Å²) in [5.74, 6) is 0. The van der Waals surface area contributed by atoms with E-state index in [1.54, 1.807) is 0 Å². The second-order valence-corrected chi connectivity index (χ2v) is 16.7. The zero-order chi connectivity index (χ0) is 31.1. The molecule has 1 unspecified atom stereocenters. The number of benzene rings is 8. The van der Waals surface area contributed by atoms with Gasteiger partial charge in [0.25, 0.3) is 0 Å². The Morgan fingerprint density at radius 2 is 1.00 bits per heavy atom. The van der Waals surface area contributed by atoms with Crippen LogP contribution in [0.2, 0.25) is 0 Å². The van der Waals surface area contributed by atoms with Gasteiger partial charge in [0.05, 0.1) is 16.6 Å². The topological polar surface area (TPSA) is 17.3 Å². The molecular weight excluding hydrogens is 608 g/mol. The molecule has 10 aromatic rings. The highest BCUT2D eigenvalue weighted by Gasteiger charge is 2.29. The maximum atomic E-state index is 7.11. The van der Waals surface area contributed by atoms with Gasteiger partial charge in [-0.2, -0.15) is 0 Å². The highest BCUT2D eigenvalue weighted by molar-refractivity contribution is 8.25. The molecular formula is C43H27N2PS. The Bertz CT molecular complexity index is 2960. The molecule has 2 nitrogen and oxygen atoms in total. The zero-order valence-corrected chi connectivity index (χ0v) is 27.0. The zero-order valence-electron chi connectivity index (χ0n) is 25.3. The highest BCUT2D eigenvalue weighted by Crippen LogP contribution is 2.46. The molecule has 0 saturated heterocycles. The van der Waals surface area contributed by atoms with Crippen LogP contribution in [0.5, 0.6) is 0 Å². The Morgan fingerprint density at radius 3 is 1.85 bits per heavy atom. The number of hydrogen-bond acceptors (Lipinski definition) is 2. The van der Waals surface area contributed by atoms with Crippen LogP contribution in [-0.4, -0.2) is 9.38 Å². The molecule has 0 aliphatic heterocycles. The number of nitrogens with zero attached hydrogens (tertiary/aromatic N) is 2. The van der Waals surface area contributed by atoms with Gasteiger partial charge in [-0.15, -0.1) is 0 Å².